The maximum atomic E-state index is 13.4. The molecule has 4 atom stereocenters. The highest BCUT2D eigenvalue weighted by atomic mass is 16.5. The second-order valence-corrected chi connectivity index (χ2v) is 14.5. The molecule has 14 nitrogen and oxygen atoms in total. The Morgan fingerprint density at radius 3 is 2.02 bits per heavy atom. The summed E-state index contributed by atoms with van der Waals surface area (Å²) in [6, 6.07) is 10.0. The first-order valence-electron chi connectivity index (χ1n) is 18.5. The number of hydrogen-bond donors (Lipinski definition) is 5. The minimum absolute atomic E-state index is 0.119. The summed E-state index contributed by atoms with van der Waals surface area (Å²) in [5.41, 5.74) is 3.17. The van der Waals surface area contributed by atoms with Crippen LogP contribution >= 0.6 is 0 Å². The number of rotatable bonds is 9. The van der Waals surface area contributed by atoms with E-state index in [1.54, 1.807) is 22.2 Å². The summed E-state index contributed by atoms with van der Waals surface area (Å²) >= 11 is 0. The molecule has 14 heteroatoms. The van der Waals surface area contributed by atoms with Gasteiger partial charge in [-0.25, -0.2) is 19.6 Å². The Labute approximate surface area is 319 Å². The van der Waals surface area contributed by atoms with Crippen molar-refractivity contribution in [1.82, 2.24) is 40.4 Å². The van der Waals surface area contributed by atoms with E-state index in [4.69, 9.17) is 4.74 Å². The number of carbonyl (C=O) groups is 4. The van der Waals surface area contributed by atoms with Crippen LogP contribution in [0.4, 0.5) is 9.59 Å². The Bertz CT molecular complexity index is 2200. The third-order valence-electron chi connectivity index (χ3n) is 10.1. The molecule has 2 aromatic heterocycles. The van der Waals surface area contributed by atoms with Crippen LogP contribution in [-0.2, 0) is 14.3 Å². The number of nitrogens with one attached hydrogen (secondary N) is 4. The maximum Gasteiger partial charge on any atom is 0.407 e. The van der Waals surface area contributed by atoms with E-state index in [0.29, 0.717) is 30.4 Å². The lowest BCUT2D eigenvalue weighted by Gasteiger charge is -2.29. The zero-order valence-electron chi connectivity index (χ0n) is 31.6. The average Bonchev–Trinajstić information content (AvgIpc) is 4.00. The number of aromatic nitrogens is 4. The first-order chi connectivity index (χ1) is 26.4. The van der Waals surface area contributed by atoms with Crippen LogP contribution in [0.25, 0.3) is 22.0 Å². The van der Waals surface area contributed by atoms with E-state index in [0.717, 1.165) is 53.3 Å². The largest absolute Gasteiger partial charge is 0.465 e. The number of benzene rings is 2. The van der Waals surface area contributed by atoms with Crippen molar-refractivity contribution in [1.29, 1.82) is 0 Å². The number of imidazole rings is 2. The lowest BCUT2D eigenvalue weighted by atomic mass is 10.0. The molecular weight excluding hydrogens is 701 g/mol. The molecule has 0 bridgehead atoms. The van der Waals surface area contributed by atoms with Gasteiger partial charge in [0.15, 0.2) is 0 Å². The molecule has 5 N–H and O–H groups in total. The monoisotopic (exact) mass is 746 g/mol. The lowest BCUT2D eigenvalue weighted by molar-refractivity contribution is -0.136. The number of methoxy groups -OCH3 is 1. The predicted molar refractivity (Wildman–Crippen MR) is 205 cm³/mol. The molecule has 0 radical (unpaired) electrons. The molecule has 4 aromatic rings. The van der Waals surface area contributed by atoms with Crippen molar-refractivity contribution in [2.24, 2.45) is 11.8 Å². The topological polar surface area (TPSA) is 186 Å². The van der Waals surface area contributed by atoms with Crippen LogP contribution in [0.5, 0.6) is 0 Å². The van der Waals surface area contributed by atoms with Gasteiger partial charge in [0.05, 0.1) is 37.3 Å². The van der Waals surface area contributed by atoms with E-state index >= 15 is 0 Å². The molecule has 0 spiro atoms. The molecule has 55 heavy (non-hydrogen) atoms. The first-order valence-corrected chi connectivity index (χ1v) is 18.5. The fraction of sp³-hybridized carbons (Fsp3) is 0.415. The summed E-state index contributed by atoms with van der Waals surface area (Å²) in [6.07, 6.45) is 4.67. The number of nitrogens with zero attached hydrogens (tertiary/aromatic N) is 4. The van der Waals surface area contributed by atoms with E-state index in [2.05, 4.69) is 60.3 Å². The number of hydrogen-bond acceptors (Lipinski definition) is 7. The molecule has 6 rings (SSSR count). The van der Waals surface area contributed by atoms with Gasteiger partial charge in [0.25, 0.3) is 0 Å². The van der Waals surface area contributed by atoms with Crippen LogP contribution in [0.1, 0.15) is 88.4 Å². The molecule has 2 saturated heterocycles. The minimum atomic E-state index is -1.22. The summed E-state index contributed by atoms with van der Waals surface area (Å²) < 4.78 is 4.72. The van der Waals surface area contributed by atoms with Gasteiger partial charge >= 0.3 is 12.2 Å². The third kappa shape index (κ3) is 8.76. The van der Waals surface area contributed by atoms with Crippen molar-refractivity contribution >= 4 is 34.8 Å². The second kappa shape index (κ2) is 16.8. The molecule has 4 heterocycles. The molecular formula is C41H46N8O6. The zero-order valence-corrected chi connectivity index (χ0v) is 31.6. The van der Waals surface area contributed by atoms with Crippen LogP contribution in [0.15, 0.2) is 48.8 Å². The summed E-state index contributed by atoms with van der Waals surface area (Å²) in [6.45, 7) is 8.52. The summed E-state index contributed by atoms with van der Waals surface area (Å²) in [5.74, 6) is 12.5. The van der Waals surface area contributed by atoms with Crippen LogP contribution in [0.3, 0.4) is 0 Å². The van der Waals surface area contributed by atoms with Crippen LogP contribution in [-0.4, -0.2) is 91.1 Å². The highest BCUT2D eigenvalue weighted by Gasteiger charge is 2.38. The normalized spacial score (nSPS) is 17.7. The number of alkyl carbamates (subject to hydrolysis) is 1. The van der Waals surface area contributed by atoms with Crippen LogP contribution in [0.2, 0.25) is 0 Å². The third-order valence-corrected chi connectivity index (χ3v) is 10.1. The molecule has 286 valence electrons. The molecule has 2 aromatic carbocycles. The Hall–Kier alpha value is -6.28. The summed E-state index contributed by atoms with van der Waals surface area (Å²) in [7, 11) is 1.27. The zero-order chi connectivity index (χ0) is 39.2. The average molecular weight is 747 g/mol. The number of ether oxygens (including phenoxy) is 1. The maximum absolute atomic E-state index is 13.4. The van der Waals surface area contributed by atoms with E-state index in [1.165, 1.54) is 7.11 Å². The van der Waals surface area contributed by atoms with Crippen molar-refractivity contribution in [2.75, 3.05) is 20.2 Å². The SMILES string of the molecule is COC(=O)N[C@@H](C(=O)N1CCC[C@@H]1c1ncc(C#CC#Cc2ccc3cc(-c4cnc([C@H]5CCCN5C(=O)[C@H](NC(=O)O)C(C)C)[nH]4)ccc3c2)[nH]1)C(C)C. The van der Waals surface area contributed by atoms with Gasteiger partial charge in [-0.1, -0.05) is 51.8 Å². The smallest absolute Gasteiger partial charge is 0.407 e. The number of aromatic amines is 2. The Morgan fingerprint density at radius 1 is 0.800 bits per heavy atom. The number of carboxylic acid groups (broad SMARTS) is 1. The van der Waals surface area contributed by atoms with Crippen molar-refractivity contribution in [2.45, 2.75) is 77.5 Å². The highest BCUT2D eigenvalue weighted by Crippen LogP contribution is 2.34. The second-order valence-electron chi connectivity index (χ2n) is 14.5. The fourth-order valence-corrected chi connectivity index (χ4v) is 7.25. The van der Waals surface area contributed by atoms with E-state index in [-0.39, 0.29) is 35.7 Å². The molecule has 2 aliphatic heterocycles. The predicted octanol–water partition coefficient (Wildman–Crippen LogP) is 5.36. The van der Waals surface area contributed by atoms with Crippen molar-refractivity contribution < 1.29 is 29.0 Å². The fourth-order valence-electron chi connectivity index (χ4n) is 7.25. The van der Waals surface area contributed by atoms with Crippen molar-refractivity contribution in [3.63, 3.8) is 0 Å². The molecule has 2 aliphatic rings. The van der Waals surface area contributed by atoms with Crippen molar-refractivity contribution in [3.8, 4) is 34.9 Å². The Kier molecular flexibility index (Phi) is 11.7. The molecule has 4 amide bonds. The number of H-pyrrole nitrogens is 2. The summed E-state index contributed by atoms with van der Waals surface area (Å²) in [5, 5.41) is 16.3. The van der Waals surface area contributed by atoms with E-state index in [9.17, 15) is 24.3 Å². The van der Waals surface area contributed by atoms with Crippen molar-refractivity contribution in [3.05, 3.63) is 71.7 Å². The van der Waals surface area contributed by atoms with Crippen LogP contribution < -0.4 is 10.6 Å². The van der Waals surface area contributed by atoms with Gasteiger partial charge in [-0.3, -0.25) is 9.59 Å². The van der Waals surface area contributed by atoms with Gasteiger partial charge in [-0.15, -0.1) is 0 Å². The first kappa shape index (κ1) is 38.4. The Balaban J connectivity index is 1.10. The lowest BCUT2D eigenvalue weighted by Crippen LogP contribution is -2.51. The van der Waals surface area contributed by atoms with Gasteiger partial charge in [0.2, 0.25) is 11.8 Å². The van der Waals surface area contributed by atoms with Gasteiger partial charge in [0, 0.05) is 24.2 Å². The standard InChI is InChI=1S/C41H46N8O6/c1-24(2)34(46-40(52)53)38(50)49-19-9-13-33(49)37-43-23-31(45-37)29-17-16-27-20-26(14-15-28(27)21-29)10-6-7-11-30-22-42-36(44-30)32-12-8-18-48(32)39(51)35(25(3)4)47-41(54)55-5/h14-17,20-25,32-35,46H,8-9,12-13,18-19H2,1-5H3,(H,42,44)(H,43,45)(H,47,54)(H,52,53)/t32-,33-,34-,35-/m1/s1. The molecule has 0 aliphatic carbocycles. The minimum Gasteiger partial charge on any atom is -0.465 e. The molecule has 0 saturated carbocycles. The highest BCUT2D eigenvalue weighted by molar-refractivity contribution is 5.89. The van der Waals surface area contributed by atoms with E-state index < -0.39 is 24.3 Å². The van der Waals surface area contributed by atoms with Crippen LogP contribution in [0, 0.1) is 35.5 Å². The number of amides is 4. The number of fused-ring (bicyclic) bond motifs is 1. The number of likely N-dealkylation sites (tertiary alicyclic amines) is 2. The van der Waals surface area contributed by atoms with Gasteiger partial charge < -0.3 is 40.2 Å². The molecule has 2 fully saturated rings. The van der Waals surface area contributed by atoms with Gasteiger partial charge in [0.1, 0.15) is 29.4 Å². The van der Waals surface area contributed by atoms with Gasteiger partial charge in [-0.2, -0.15) is 0 Å². The Morgan fingerprint density at radius 2 is 1.38 bits per heavy atom. The quantitative estimate of drug-likeness (QED) is 0.142. The number of carbonyl (C=O) groups excluding carboxylic acids is 3. The summed E-state index contributed by atoms with van der Waals surface area (Å²) in [4.78, 5) is 69.2. The van der Waals surface area contributed by atoms with Gasteiger partial charge in [-0.05, 0) is 84.3 Å². The van der Waals surface area contributed by atoms with E-state index in [1.807, 2.05) is 58.0 Å². The molecule has 0 unspecified atom stereocenters.